The molecule has 0 bridgehead atoms. The van der Waals surface area contributed by atoms with E-state index in [2.05, 4.69) is 0 Å². The number of benzene rings is 1. The van der Waals surface area contributed by atoms with E-state index in [4.69, 9.17) is 4.74 Å². The van der Waals surface area contributed by atoms with Crippen molar-refractivity contribution in [2.45, 2.75) is 0 Å². The molecule has 0 radical (unpaired) electrons. The van der Waals surface area contributed by atoms with Crippen LogP contribution in [-0.4, -0.2) is 13.4 Å². The molecular weight excluding hydrogens is 208 g/mol. The zero-order chi connectivity index (χ0) is 10.7. The zero-order valence-corrected chi connectivity index (χ0v) is 9.08. The minimum absolute atomic E-state index is 0.637. The van der Waals surface area contributed by atoms with Gasteiger partial charge in [-0.2, -0.15) is 0 Å². The summed E-state index contributed by atoms with van der Waals surface area (Å²) in [5.74, 6) is 0.711. The van der Waals surface area contributed by atoms with Gasteiger partial charge in [-0.25, -0.2) is 0 Å². The highest BCUT2D eigenvalue weighted by Gasteiger charge is 2.03. The Morgan fingerprint density at radius 2 is 2.20 bits per heavy atom. The van der Waals surface area contributed by atoms with Crippen molar-refractivity contribution in [1.82, 2.24) is 0 Å². The Bertz CT molecular complexity index is 460. The number of carbonyl (C=O) groups is 1. The van der Waals surface area contributed by atoms with Gasteiger partial charge in [0.1, 0.15) is 12.0 Å². The molecule has 1 aromatic heterocycles. The summed E-state index contributed by atoms with van der Waals surface area (Å²) < 4.78 is 5.14. The van der Waals surface area contributed by atoms with Crippen LogP contribution in [0.25, 0.3) is 10.4 Å². The van der Waals surface area contributed by atoms with Crippen LogP contribution in [0.1, 0.15) is 10.4 Å². The molecule has 2 rings (SSSR count). The predicted octanol–water partition coefficient (Wildman–Crippen LogP) is 3.24. The Kier molecular flexibility index (Phi) is 2.83. The molecule has 76 valence electrons. The van der Waals surface area contributed by atoms with Crippen molar-refractivity contribution < 1.29 is 9.53 Å². The van der Waals surface area contributed by atoms with Gasteiger partial charge in [0.25, 0.3) is 0 Å². The van der Waals surface area contributed by atoms with Gasteiger partial charge in [0, 0.05) is 10.4 Å². The summed E-state index contributed by atoms with van der Waals surface area (Å²) in [6.07, 6.45) is 0.833. The third-order valence-corrected chi connectivity index (χ3v) is 3.03. The summed E-state index contributed by atoms with van der Waals surface area (Å²) in [7, 11) is 1.60. The molecule has 0 aliphatic heterocycles. The fourth-order valence-corrected chi connectivity index (χ4v) is 2.11. The van der Waals surface area contributed by atoms with Crippen LogP contribution in [0.5, 0.6) is 5.75 Å². The molecule has 0 N–H and O–H groups in total. The highest BCUT2D eigenvalue weighted by atomic mass is 32.1. The van der Waals surface area contributed by atoms with Crippen LogP contribution in [0, 0.1) is 0 Å². The lowest BCUT2D eigenvalue weighted by Crippen LogP contribution is -1.87. The molecule has 0 unspecified atom stereocenters. The summed E-state index contributed by atoms with van der Waals surface area (Å²) in [6, 6.07) is 9.53. The molecule has 0 saturated heterocycles. The number of thiophene rings is 1. The summed E-state index contributed by atoms with van der Waals surface area (Å²) in [5, 5.41) is 2.01. The second kappa shape index (κ2) is 4.28. The maximum Gasteiger partial charge on any atom is 0.150 e. The van der Waals surface area contributed by atoms with Gasteiger partial charge in [-0.3, -0.25) is 4.79 Å². The number of hydrogen-bond acceptors (Lipinski definition) is 3. The van der Waals surface area contributed by atoms with E-state index in [0.29, 0.717) is 11.3 Å². The average Bonchev–Trinajstić information content (AvgIpc) is 2.81. The molecular formula is C12H10O2S. The Morgan fingerprint density at radius 3 is 2.80 bits per heavy atom. The number of carbonyl (C=O) groups excluding carboxylic acids is 1. The van der Waals surface area contributed by atoms with Gasteiger partial charge >= 0.3 is 0 Å². The topological polar surface area (TPSA) is 26.3 Å². The zero-order valence-electron chi connectivity index (χ0n) is 8.27. The van der Waals surface area contributed by atoms with Gasteiger partial charge < -0.3 is 4.74 Å². The van der Waals surface area contributed by atoms with E-state index in [1.54, 1.807) is 24.5 Å². The number of ether oxygens (including phenoxy) is 1. The van der Waals surface area contributed by atoms with Gasteiger partial charge in [0.15, 0.2) is 0 Å². The van der Waals surface area contributed by atoms with E-state index in [0.717, 1.165) is 16.7 Å². The van der Waals surface area contributed by atoms with Gasteiger partial charge in [0.05, 0.1) is 7.11 Å². The minimum Gasteiger partial charge on any atom is -0.497 e. The first-order valence-electron chi connectivity index (χ1n) is 4.51. The van der Waals surface area contributed by atoms with E-state index in [9.17, 15) is 4.79 Å². The van der Waals surface area contributed by atoms with Crippen molar-refractivity contribution in [2.75, 3.05) is 7.11 Å². The minimum atomic E-state index is 0.637. The van der Waals surface area contributed by atoms with E-state index in [1.165, 1.54) is 0 Å². The predicted molar refractivity (Wildman–Crippen MR) is 61.7 cm³/mol. The summed E-state index contributed by atoms with van der Waals surface area (Å²) >= 11 is 1.64. The lowest BCUT2D eigenvalue weighted by atomic mass is 10.1. The molecule has 0 aliphatic rings. The average molecular weight is 218 g/mol. The Labute approximate surface area is 92.1 Å². The van der Waals surface area contributed by atoms with Crippen molar-refractivity contribution in [3.05, 3.63) is 41.3 Å². The highest BCUT2D eigenvalue weighted by Crippen LogP contribution is 2.28. The SMILES string of the molecule is COc1cc(C=O)cc(-c2cccs2)c1. The normalized spacial score (nSPS) is 9.93. The van der Waals surface area contributed by atoms with Gasteiger partial charge in [-0.1, -0.05) is 6.07 Å². The molecule has 2 nitrogen and oxygen atoms in total. The van der Waals surface area contributed by atoms with Crippen LogP contribution in [0.3, 0.4) is 0 Å². The maximum atomic E-state index is 10.7. The monoisotopic (exact) mass is 218 g/mol. The highest BCUT2D eigenvalue weighted by molar-refractivity contribution is 7.13. The quantitative estimate of drug-likeness (QED) is 0.739. The van der Waals surface area contributed by atoms with Gasteiger partial charge in [0.2, 0.25) is 0 Å². The van der Waals surface area contributed by atoms with Crippen molar-refractivity contribution in [3.8, 4) is 16.2 Å². The molecule has 1 aromatic carbocycles. The van der Waals surface area contributed by atoms with E-state index >= 15 is 0 Å². The van der Waals surface area contributed by atoms with Crippen LogP contribution in [0.4, 0.5) is 0 Å². The Hall–Kier alpha value is -1.61. The molecule has 1 heterocycles. The molecule has 2 aromatic rings. The van der Waals surface area contributed by atoms with Gasteiger partial charge in [-0.15, -0.1) is 11.3 Å². The molecule has 0 aliphatic carbocycles. The largest absolute Gasteiger partial charge is 0.497 e. The third kappa shape index (κ3) is 2.07. The van der Waals surface area contributed by atoms with Crippen molar-refractivity contribution in [3.63, 3.8) is 0 Å². The van der Waals surface area contributed by atoms with E-state index < -0.39 is 0 Å². The molecule has 3 heteroatoms. The fourth-order valence-electron chi connectivity index (χ4n) is 1.39. The molecule has 0 spiro atoms. The number of aldehydes is 1. The molecule has 0 atom stereocenters. The standard InChI is InChI=1S/C12H10O2S/c1-14-11-6-9(8-13)5-10(7-11)12-3-2-4-15-12/h2-8H,1H3. The molecule has 15 heavy (non-hydrogen) atoms. The number of methoxy groups -OCH3 is 1. The summed E-state index contributed by atoms with van der Waals surface area (Å²) in [4.78, 5) is 11.9. The number of hydrogen-bond donors (Lipinski definition) is 0. The van der Waals surface area contributed by atoms with Crippen molar-refractivity contribution >= 4 is 17.6 Å². The van der Waals surface area contributed by atoms with Gasteiger partial charge in [-0.05, 0) is 35.2 Å². The summed E-state index contributed by atoms with van der Waals surface area (Å²) in [6.45, 7) is 0. The summed E-state index contributed by atoms with van der Waals surface area (Å²) in [5.41, 5.74) is 1.66. The van der Waals surface area contributed by atoms with Crippen molar-refractivity contribution in [2.24, 2.45) is 0 Å². The smallest absolute Gasteiger partial charge is 0.150 e. The van der Waals surface area contributed by atoms with Crippen LogP contribution in [-0.2, 0) is 0 Å². The lowest BCUT2D eigenvalue weighted by molar-refractivity contribution is 0.112. The lowest BCUT2D eigenvalue weighted by Gasteiger charge is -2.04. The second-order valence-corrected chi connectivity index (χ2v) is 4.04. The second-order valence-electron chi connectivity index (χ2n) is 3.09. The third-order valence-electron chi connectivity index (χ3n) is 2.11. The first-order chi connectivity index (χ1) is 7.33. The van der Waals surface area contributed by atoms with Crippen molar-refractivity contribution in [1.29, 1.82) is 0 Å². The molecule has 0 fully saturated rings. The van der Waals surface area contributed by atoms with Crippen LogP contribution >= 0.6 is 11.3 Å². The van der Waals surface area contributed by atoms with E-state index in [-0.39, 0.29) is 0 Å². The first-order valence-corrected chi connectivity index (χ1v) is 5.39. The van der Waals surface area contributed by atoms with E-state index in [1.807, 2.05) is 29.6 Å². The fraction of sp³-hybridized carbons (Fsp3) is 0.0833. The Morgan fingerprint density at radius 1 is 1.33 bits per heavy atom. The van der Waals surface area contributed by atoms with Crippen LogP contribution in [0.15, 0.2) is 35.7 Å². The molecule has 0 saturated carbocycles. The first kappa shape index (κ1) is 9.93. The maximum absolute atomic E-state index is 10.7. The van der Waals surface area contributed by atoms with Crippen LogP contribution < -0.4 is 4.74 Å². The molecule has 0 amide bonds. The Balaban J connectivity index is 2.52. The van der Waals surface area contributed by atoms with Crippen LogP contribution in [0.2, 0.25) is 0 Å². The number of rotatable bonds is 3.